The Bertz CT molecular complexity index is 712. The van der Waals surface area contributed by atoms with Crippen LogP contribution in [0.4, 0.5) is 5.69 Å². The fraction of sp³-hybridized carbons (Fsp3) is 0.300. The second kappa shape index (κ2) is 7.58. The highest BCUT2D eigenvalue weighted by atomic mass is 32.1. The van der Waals surface area contributed by atoms with Crippen molar-refractivity contribution in [3.05, 3.63) is 65.7 Å². The van der Waals surface area contributed by atoms with Crippen molar-refractivity contribution in [3.8, 4) is 0 Å². The van der Waals surface area contributed by atoms with Crippen molar-refractivity contribution in [1.82, 2.24) is 4.90 Å². The minimum absolute atomic E-state index is 0.0391. The first kappa shape index (κ1) is 16.7. The number of thiocarbonyl (C=S) groups is 1. The molecular weight excluding hydrogens is 316 g/mol. The number of rotatable bonds is 6. The van der Waals surface area contributed by atoms with Gasteiger partial charge in [-0.05, 0) is 48.3 Å². The number of benzene rings is 2. The van der Waals surface area contributed by atoms with Crippen LogP contribution in [0.5, 0.6) is 0 Å². The molecule has 1 aliphatic heterocycles. The van der Waals surface area contributed by atoms with Gasteiger partial charge in [0.15, 0.2) is 5.11 Å². The van der Waals surface area contributed by atoms with E-state index in [1.807, 2.05) is 35.2 Å². The van der Waals surface area contributed by atoms with Crippen LogP contribution in [0.1, 0.15) is 30.9 Å². The number of aryl methyl sites for hydroxylation is 1. The van der Waals surface area contributed by atoms with Gasteiger partial charge in [0.05, 0.1) is 5.69 Å². The second-order valence-corrected chi connectivity index (χ2v) is 6.49. The molecule has 0 bridgehead atoms. The SMILES string of the molecule is CCCCc1ccc(N2C(=O)CN(Cc3ccccc3)C2=S)cc1. The standard InChI is InChI=1S/C20H22N2OS/c1-2-3-7-16-10-12-18(13-11-16)22-19(23)15-21(20(22)24)14-17-8-5-4-6-9-17/h4-6,8-13H,2-3,7,14-15H2,1H3. The molecule has 124 valence electrons. The van der Waals surface area contributed by atoms with Crippen LogP contribution >= 0.6 is 12.2 Å². The molecule has 2 aromatic carbocycles. The Morgan fingerprint density at radius 1 is 1.00 bits per heavy atom. The van der Waals surface area contributed by atoms with Crippen molar-refractivity contribution < 1.29 is 4.79 Å². The van der Waals surface area contributed by atoms with E-state index in [4.69, 9.17) is 12.2 Å². The largest absolute Gasteiger partial charge is 0.335 e. The molecule has 2 aromatic rings. The van der Waals surface area contributed by atoms with Gasteiger partial charge in [-0.3, -0.25) is 9.69 Å². The highest BCUT2D eigenvalue weighted by Gasteiger charge is 2.33. The fourth-order valence-corrected chi connectivity index (χ4v) is 3.26. The minimum atomic E-state index is 0.0391. The Labute approximate surface area is 148 Å². The molecule has 1 aliphatic rings. The molecule has 1 amide bonds. The third-order valence-electron chi connectivity index (χ3n) is 4.27. The smallest absolute Gasteiger partial charge is 0.252 e. The Balaban J connectivity index is 1.72. The average Bonchev–Trinajstić information content (AvgIpc) is 2.88. The van der Waals surface area contributed by atoms with Crippen LogP contribution in [0, 0.1) is 0 Å². The maximum Gasteiger partial charge on any atom is 0.252 e. The normalized spacial score (nSPS) is 14.5. The van der Waals surface area contributed by atoms with E-state index in [9.17, 15) is 4.79 Å². The maximum atomic E-state index is 12.4. The van der Waals surface area contributed by atoms with E-state index < -0.39 is 0 Å². The monoisotopic (exact) mass is 338 g/mol. The van der Waals surface area contributed by atoms with E-state index in [0.29, 0.717) is 18.2 Å². The summed E-state index contributed by atoms with van der Waals surface area (Å²) in [5, 5.41) is 0.588. The summed E-state index contributed by atoms with van der Waals surface area (Å²) < 4.78 is 0. The van der Waals surface area contributed by atoms with Crippen LogP contribution in [0.2, 0.25) is 0 Å². The van der Waals surface area contributed by atoms with Gasteiger partial charge in [0.25, 0.3) is 5.91 Å². The van der Waals surface area contributed by atoms with Crippen LogP contribution in [-0.2, 0) is 17.8 Å². The summed E-state index contributed by atoms with van der Waals surface area (Å²) in [5.74, 6) is 0.0391. The number of amides is 1. The van der Waals surface area contributed by atoms with Gasteiger partial charge in [0, 0.05) is 6.54 Å². The number of hydrogen-bond donors (Lipinski definition) is 0. The average molecular weight is 338 g/mol. The molecule has 4 heteroatoms. The summed E-state index contributed by atoms with van der Waals surface area (Å²) >= 11 is 5.55. The zero-order chi connectivity index (χ0) is 16.9. The number of nitrogens with zero attached hydrogens (tertiary/aromatic N) is 2. The summed E-state index contributed by atoms with van der Waals surface area (Å²) in [6, 6.07) is 18.3. The van der Waals surface area contributed by atoms with Crippen LogP contribution in [0.15, 0.2) is 54.6 Å². The quantitative estimate of drug-likeness (QED) is 0.739. The van der Waals surface area contributed by atoms with Crippen LogP contribution in [-0.4, -0.2) is 22.5 Å². The Morgan fingerprint density at radius 2 is 1.71 bits per heavy atom. The first-order valence-corrected chi connectivity index (χ1v) is 8.84. The lowest BCUT2D eigenvalue weighted by molar-refractivity contribution is -0.116. The number of unbranched alkanes of at least 4 members (excludes halogenated alkanes) is 1. The van der Waals surface area contributed by atoms with Crippen LogP contribution in [0.3, 0.4) is 0 Å². The molecule has 0 N–H and O–H groups in total. The number of carbonyl (C=O) groups excluding carboxylic acids is 1. The molecule has 0 unspecified atom stereocenters. The zero-order valence-corrected chi connectivity index (χ0v) is 14.8. The zero-order valence-electron chi connectivity index (χ0n) is 13.9. The van der Waals surface area contributed by atoms with Gasteiger partial charge in [-0.2, -0.15) is 0 Å². The van der Waals surface area contributed by atoms with E-state index >= 15 is 0 Å². The summed E-state index contributed by atoms with van der Waals surface area (Å²) in [5.41, 5.74) is 3.32. The molecule has 0 radical (unpaired) electrons. The lowest BCUT2D eigenvalue weighted by Gasteiger charge is -2.20. The minimum Gasteiger partial charge on any atom is -0.335 e. The van der Waals surface area contributed by atoms with E-state index in [1.54, 1.807) is 4.90 Å². The number of hydrogen-bond acceptors (Lipinski definition) is 2. The molecule has 0 atom stereocenters. The topological polar surface area (TPSA) is 23.6 Å². The van der Waals surface area contributed by atoms with Crippen molar-refractivity contribution >= 4 is 28.9 Å². The molecule has 1 heterocycles. The number of anilines is 1. The third kappa shape index (κ3) is 3.65. The first-order valence-electron chi connectivity index (χ1n) is 8.43. The fourth-order valence-electron chi connectivity index (χ4n) is 2.92. The molecule has 24 heavy (non-hydrogen) atoms. The second-order valence-electron chi connectivity index (χ2n) is 6.12. The van der Waals surface area contributed by atoms with Crippen molar-refractivity contribution in [2.24, 2.45) is 0 Å². The molecule has 0 aromatic heterocycles. The Morgan fingerprint density at radius 3 is 2.38 bits per heavy atom. The predicted molar refractivity (Wildman–Crippen MR) is 102 cm³/mol. The predicted octanol–water partition coefficient (Wildman–Crippen LogP) is 4.16. The first-order chi connectivity index (χ1) is 11.7. The molecule has 3 rings (SSSR count). The molecule has 0 aliphatic carbocycles. The van der Waals surface area contributed by atoms with Crippen molar-refractivity contribution in [1.29, 1.82) is 0 Å². The van der Waals surface area contributed by atoms with E-state index in [-0.39, 0.29) is 5.91 Å². The van der Waals surface area contributed by atoms with Crippen molar-refractivity contribution in [3.63, 3.8) is 0 Å². The summed E-state index contributed by atoms with van der Waals surface area (Å²) in [7, 11) is 0. The van der Waals surface area contributed by atoms with E-state index in [1.165, 1.54) is 18.4 Å². The Kier molecular flexibility index (Phi) is 5.26. The molecule has 1 saturated heterocycles. The highest BCUT2D eigenvalue weighted by Crippen LogP contribution is 2.23. The lowest BCUT2D eigenvalue weighted by atomic mass is 10.1. The van der Waals surface area contributed by atoms with Gasteiger partial charge in [-0.25, -0.2) is 0 Å². The van der Waals surface area contributed by atoms with Crippen molar-refractivity contribution in [2.75, 3.05) is 11.4 Å². The van der Waals surface area contributed by atoms with Gasteiger partial charge in [-0.15, -0.1) is 0 Å². The molecule has 0 spiro atoms. The molecule has 3 nitrogen and oxygen atoms in total. The lowest BCUT2D eigenvalue weighted by Crippen LogP contribution is -2.32. The van der Waals surface area contributed by atoms with E-state index in [2.05, 4.69) is 31.2 Å². The van der Waals surface area contributed by atoms with Crippen LogP contribution in [0.25, 0.3) is 0 Å². The summed E-state index contributed by atoms with van der Waals surface area (Å²) in [4.78, 5) is 16.1. The molecule has 1 fully saturated rings. The Hall–Kier alpha value is -2.20. The summed E-state index contributed by atoms with van der Waals surface area (Å²) in [6.07, 6.45) is 3.45. The van der Waals surface area contributed by atoms with Crippen molar-refractivity contribution in [2.45, 2.75) is 32.7 Å². The van der Waals surface area contributed by atoms with E-state index in [0.717, 1.165) is 17.7 Å². The van der Waals surface area contributed by atoms with Gasteiger partial charge in [0.1, 0.15) is 6.54 Å². The third-order valence-corrected chi connectivity index (χ3v) is 4.71. The van der Waals surface area contributed by atoms with Gasteiger partial charge in [-0.1, -0.05) is 55.8 Å². The van der Waals surface area contributed by atoms with Gasteiger partial charge in [0.2, 0.25) is 0 Å². The molecular formula is C20H22N2OS. The van der Waals surface area contributed by atoms with Gasteiger partial charge < -0.3 is 4.90 Å². The van der Waals surface area contributed by atoms with Crippen LogP contribution < -0.4 is 4.90 Å². The highest BCUT2D eigenvalue weighted by molar-refractivity contribution is 7.80. The number of carbonyl (C=O) groups is 1. The van der Waals surface area contributed by atoms with Gasteiger partial charge >= 0.3 is 0 Å². The molecule has 0 saturated carbocycles. The summed E-state index contributed by atoms with van der Waals surface area (Å²) in [6.45, 7) is 3.19. The maximum absolute atomic E-state index is 12.4.